The molecule has 0 aromatic heterocycles. The predicted molar refractivity (Wildman–Crippen MR) is 104 cm³/mol. The highest BCUT2D eigenvalue weighted by Gasteiger charge is 2.12. The normalized spacial score (nSPS) is 14.6. The molecule has 0 fully saturated rings. The van der Waals surface area contributed by atoms with Gasteiger partial charge in [0.1, 0.15) is 12.7 Å². The fraction of sp³-hybridized carbons (Fsp3) is 0.947. The van der Waals surface area contributed by atoms with Gasteiger partial charge in [0.2, 0.25) is 0 Å². The molecule has 0 radical (unpaired) electrons. The van der Waals surface area contributed by atoms with E-state index in [4.69, 9.17) is 14.7 Å². The first-order chi connectivity index (χ1) is 13.3. The van der Waals surface area contributed by atoms with E-state index in [1.807, 2.05) is 0 Å². The third-order valence-electron chi connectivity index (χ3n) is 4.41. The average Bonchev–Trinajstić information content (AvgIpc) is 2.64. The molecule has 9 heteroatoms. The Kier molecular flexibility index (Phi) is 18.2. The molecule has 0 aromatic rings. The Morgan fingerprint density at radius 2 is 1.25 bits per heavy atom. The molecule has 168 valence electrons. The summed E-state index contributed by atoms with van der Waals surface area (Å²) in [4.78, 5) is 30.3. The first-order valence-electron chi connectivity index (χ1n) is 10.5. The highest BCUT2D eigenvalue weighted by molar-refractivity contribution is 7.44. The van der Waals surface area contributed by atoms with Crippen LogP contribution in [-0.2, 0) is 18.6 Å². The van der Waals surface area contributed by atoms with Gasteiger partial charge >= 0.3 is 5.97 Å². The van der Waals surface area contributed by atoms with Crippen molar-refractivity contribution < 1.29 is 38.6 Å². The topological polar surface area (TPSA) is 136 Å². The van der Waals surface area contributed by atoms with E-state index in [9.17, 15) is 19.4 Å². The van der Waals surface area contributed by atoms with Crippen LogP contribution in [0.25, 0.3) is 0 Å². The Morgan fingerprint density at radius 1 is 0.821 bits per heavy atom. The largest absolute Gasteiger partial charge is 0.756 e. The lowest BCUT2D eigenvalue weighted by atomic mass is 10.0. The minimum Gasteiger partial charge on any atom is -0.756 e. The summed E-state index contributed by atoms with van der Waals surface area (Å²) in [7, 11) is -4.87. The molecule has 0 aliphatic carbocycles. The van der Waals surface area contributed by atoms with E-state index in [1.54, 1.807) is 0 Å². The number of carbonyl (C=O) groups excluding carboxylic acids is 1. The lowest BCUT2D eigenvalue weighted by Crippen LogP contribution is -2.24. The Bertz CT molecular complexity index is 413. The molecule has 0 saturated heterocycles. The minimum atomic E-state index is -4.87. The van der Waals surface area contributed by atoms with Crippen LogP contribution in [-0.4, -0.2) is 47.0 Å². The van der Waals surface area contributed by atoms with Gasteiger partial charge < -0.3 is 29.3 Å². The van der Waals surface area contributed by atoms with E-state index in [1.165, 1.54) is 44.9 Å². The maximum atomic E-state index is 11.5. The maximum Gasteiger partial charge on any atom is 0.305 e. The number of hydrogen-bond acceptors (Lipinski definition) is 7. The lowest BCUT2D eigenvalue weighted by molar-refractivity contribution is -0.222. The molecular weight excluding hydrogens is 387 g/mol. The van der Waals surface area contributed by atoms with Crippen molar-refractivity contribution >= 4 is 13.8 Å². The second-order valence-corrected chi connectivity index (χ2v) is 8.37. The molecule has 0 aliphatic heterocycles. The van der Waals surface area contributed by atoms with Gasteiger partial charge in [-0.15, -0.1) is 0 Å². The van der Waals surface area contributed by atoms with Crippen LogP contribution in [0.5, 0.6) is 0 Å². The summed E-state index contributed by atoms with van der Waals surface area (Å²) in [5.41, 5.74) is 0. The van der Waals surface area contributed by atoms with Gasteiger partial charge in [-0.05, 0) is 12.8 Å². The molecule has 8 nitrogen and oxygen atoms in total. The van der Waals surface area contributed by atoms with Gasteiger partial charge in [-0.1, -0.05) is 70.6 Å². The number of esters is 1. The molecule has 0 saturated carbocycles. The van der Waals surface area contributed by atoms with Crippen molar-refractivity contribution in [1.29, 1.82) is 0 Å². The van der Waals surface area contributed by atoms with Crippen molar-refractivity contribution in [3.05, 3.63) is 0 Å². The van der Waals surface area contributed by atoms with Crippen molar-refractivity contribution in [3.63, 3.8) is 0 Å². The van der Waals surface area contributed by atoms with Crippen LogP contribution >= 0.6 is 7.82 Å². The van der Waals surface area contributed by atoms with E-state index in [0.717, 1.165) is 38.5 Å². The van der Waals surface area contributed by atoms with Crippen molar-refractivity contribution in [3.8, 4) is 0 Å². The molecule has 3 N–H and O–H groups in total. The third kappa shape index (κ3) is 21.8. The molecule has 0 aliphatic rings. The zero-order valence-corrected chi connectivity index (χ0v) is 17.8. The molecule has 0 aromatic carbocycles. The summed E-state index contributed by atoms with van der Waals surface area (Å²) >= 11 is 0. The zero-order chi connectivity index (χ0) is 21.1. The fourth-order valence-corrected chi connectivity index (χ4v) is 3.18. The van der Waals surface area contributed by atoms with E-state index < -0.39 is 26.5 Å². The molecule has 2 atom stereocenters. The summed E-state index contributed by atoms with van der Waals surface area (Å²) in [6, 6.07) is 0. The maximum absolute atomic E-state index is 11.5. The third-order valence-corrected chi connectivity index (χ3v) is 4.88. The first kappa shape index (κ1) is 27.5. The minimum absolute atomic E-state index is 0.268. The summed E-state index contributed by atoms with van der Waals surface area (Å²) in [6.45, 7) is -0.700. The lowest BCUT2D eigenvalue weighted by Gasteiger charge is -2.18. The van der Waals surface area contributed by atoms with Gasteiger partial charge in [0.15, 0.2) is 0 Å². The number of aliphatic hydroxyl groups excluding tert-OH is 2. The number of aliphatic hydroxyl groups is 2. The second-order valence-electron chi connectivity index (χ2n) is 7.17. The molecule has 0 rings (SSSR count). The van der Waals surface area contributed by atoms with Crippen LogP contribution in [0.2, 0.25) is 0 Å². The van der Waals surface area contributed by atoms with Crippen LogP contribution in [0.4, 0.5) is 0 Å². The number of ether oxygens (including phenoxy) is 1. The van der Waals surface area contributed by atoms with Crippen molar-refractivity contribution in [1.82, 2.24) is 0 Å². The van der Waals surface area contributed by atoms with E-state index in [-0.39, 0.29) is 13.0 Å². The van der Waals surface area contributed by atoms with Crippen LogP contribution in [0.1, 0.15) is 89.9 Å². The number of carbonyl (C=O) groups is 1. The Hall–Kier alpha value is -0.500. The second kappa shape index (κ2) is 18.5. The Balaban J connectivity index is 3.31. The molecular formula is C19H38O8P-. The molecule has 0 spiro atoms. The monoisotopic (exact) mass is 425 g/mol. The number of hydrogen-bond donors (Lipinski definition) is 3. The molecule has 28 heavy (non-hydrogen) atoms. The summed E-state index contributed by atoms with van der Waals surface area (Å²) in [6.07, 6.45) is 13.8. The number of phosphoric acid groups is 1. The van der Waals surface area contributed by atoms with Gasteiger partial charge in [0, 0.05) is 13.0 Å². The smallest absolute Gasteiger partial charge is 0.305 e. The van der Waals surface area contributed by atoms with Gasteiger partial charge in [-0.25, -0.2) is 0 Å². The van der Waals surface area contributed by atoms with Crippen LogP contribution in [0.15, 0.2) is 0 Å². The average molecular weight is 425 g/mol. The molecule has 0 bridgehead atoms. The van der Waals surface area contributed by atoms with Crippen molar-refractivity contribution in [2.45, 2.75) is 96.0 Å². The Labute approximate surface area is 168 Å². The van der Waals surface area contributed by atoms with Gasteiger partial charge in [0.05, 0.1) is 6.61 Å². The van der Waals surface area contributed by atoms with E-state index >= 15 is 0 Å². The molecule has 0 amide bonds. The van der Waals surface area contributed by atoms with Crippen LogP contribution < -0.4 is 4.89 Å². The fourth-order valence-electron chi connectivity index (χ4n) is 2.82. The summed E-state index contributed by atoms with van der Waals surface area (Å²) < 4.78 is 19.2. The van der Waals surface area contributed by atoms with Crippen molar-refractivity contribution in [2.24, 2.45) is 0 Å². The number of unbranched alkanes of at least 4 members (excludes halogenated alkanes) is 12. The van der Waals surface area contributed by atoms with Gasteiger partial charge in [0.25, 0.3) is 7.82 Å². The van der Waals surface area contributed by atoms with Gasteiger partial charge in [-0.3, -0.25) is 9.36 Å². The standard InChI is InChI=1S/C19H39O8P/c20-15-13-11-9-7-5-3-1-2-4-6-8-10-12-14-19(22)26-16-18(21)17-27-28(23,24)25/h18,20-21H,1-17H2,(H2,23,24,25)/p-1. The van der Waals surface area contributed by atoms with Crippen LogP contribution in [0, 0.1) is 0 Å². The zero-order valence-electron chi connectivity index (χ0n) is 16.9. The number of phosphoric ester groups is 1. The van der Waals surface area contributed by atoms with Crippen molar-refractivity contribution in [2.75, 3.05) is 19.8 Å². The van der Waals surface area contributed by atoms with E-state index in [0.29, 0.717) is 6.61 Å². The first-order valence-corrected chi connectivity index (χ1v) is 12.0. The summed E-state index contributed by atoms with van der Waals surface area (Å²) in [5, 5.41) is 18.1. The van der Waals surface area contributed by atoms with Crippen LogP contribution in [0.3, 0.4) is 0 Å². The number of rotatable bonds is 20. The van der Waals surface area contributed by atoms with E-state index in [2.05, 4.69) is 4.52 Å². The quantitative estimate of drug-likeness (QED) is 0.154. The Morgan fingerprint density at radius 3 is 1.68 bits per heavy atom. The predicted octanol–water partition coefficient (Wildman–Crippen LogP) is 2.82. The summed E-state index contributed by atoms with van der Waals surface area (Å²) in [5.74, 6) is -0.438. The molecule has 0 heterocycles. The van der Waals surface area contributed by atoms with Gasteiger partial charge in [-0.2, -0.15) is 0 Å². The highest BCUT2D eigenvalue weighted by Crippen LogP contribution is 2.30. The highest BCUT2D eigenvalue weighted by atomic mass is 31.2. The SMILES string of the molecule is O=C(CCCCCCCCCCCCCCCO)OCC(O)COP(=O)([O-])O. The molecule has 2 unspecified atom stereocenters.